The quantitative estimate of drug-likeness (QED) is 0.0680. The number of amides is 2. The zero-order chi connectivity index (χ0) is 56.9. The number of carbonyl (C=O) groups is 2. The molecule has 0 radical (unpaired) electrons. The summed E-state index contributed by atoms with van der Waals surface area (Å²) in [6.45, 7) is 1.35. The highest BCUT2D eigenvalue weighted by atomic mass is 35.5. The number of rotatable bonds is 12. The van der Waals surface area contributed by atoms with Gasteiger partial charge in [0.05, 0.1) is 30.3 Å². The van der Waals surface area contributed by atoms with Gasteiger partial charge in [0, 0.05) is 88.3 Å². The van der Waals surface area contributed by atoms with Crippen molar-refractivity contribution < 1.29 is 36.6 Å². The number of hydrogen-bond acceptors (Lipinski definition) is 10. The Morgan fingerprint density at radius 2 is 1.06 bits per heavy atom. The molecule has 4 heterocycles. The fourth-order valence-electron chi connectivity index (χ4n) is 9.84. The van der Waals surface area contributed by atoms with Gasteiger partial charge in [-0.15, -0.1) is 12.4 Å². The molecule has 0 bridgehead atoms. The molecule has 6 aromatic carbocycles. The van der Waals surface area contributed by atoms with Crippen molar-refractivity contribution in [3.63, 3.8) is 0 Å². The van der Waals surface area contributed by atoms with Gasteiger partial charge in [-0.25, -0.2) is 27.5 Å². The molecule has 0 saturated heterocycles. The Morgan fingerprint density at radius 3 is 1.57 bits per heavy atom. The topological polar surface area (TPSA) is 176 Å². The van der Waals surface area contributed by atoms with E-state index in [0.29, 0.717) is 82.9 Å². The first-order valence-electron chi connectivity index (χ1n) is 25.4. The second kappa shape index (κ2) is 26.8. The van der Waals surface area contributed by atoms with Crippen molar-refractivity contribution >= 4 is 98.4 Å². The largest absolute Gasteiger partial charge is 0.497 e. The average Bonchev–Trinajstić information content (AvgIpc) is 4.45. The van der Waals surface area contributed by atoms with Gasteiger partial charge >= 0.3 is 0 Å². The number of ether oxygens (including phenoxy) is 2. The molecule has 5 N–H and O–H groups in total. The van der Waals surface area contributed by atoms with Gasteiger partial charge < -0.3 is 40.3 Å². The first-order valence-corrected chi connectivity index (χ1v) is 26.5. The van der Waals surface area contributed by atoms with Gasteiger partial charge in [0.15, 0.2) is 0 Å². The van der Waals surface area contributed by atoms with Gasteiger partial charge in [0.1, 0.15) is 46.1 Å². The van der Waals surface area contributed by atoms with Gasteiger partial charge in [-0.05, 0) is 157 Å². The van der Waals surface area contributed by atoms with E-state index in [1.807, 2.05) is 82.2 Å². The van der Waals surface area contributed by atoms with Gasteiger partial charge in [0.25, 0.3) is 11.8 Å². The second-order valence-electron chi connectivity index (χ2n) is 19.0. The summed E-state index contributed by atoms with van der Waals surface area (Å²) in [5.74, 6) is -0.738. The van der Waals surface area contributed by atoms with E-state index in [2.05, 4.69) is 30.9 Å². The molecule has 12 rings (SSSR count). The van der Waals surface area contributed by atoms with E-state index >= 15 is 4.39 Å². The van der Waals surface area contributed by atoms with Crippen molar-refractivity contribution in [1.82, 2.24) is 29.1 Å². The summed E-state index contributed by atoms with van der Waals surface area (Å²) >= 11 is 17.4. The van der Waals surface area contributed by atoms with E-state index in [1.165, 1.54) is 66.2 Å². The predicted octanol–water partition coefficient (Wildman–Crippen LogP) is 14.8. The molecule has 22 heteroatoms. The molecular weight excluding hydrogens is 1150 g/mol. The van der Waals surface area contributed by atoms with Gasteiger partial charge in [-0.2, -0.15) is 9.97 Å². The summed E-state index contributed by atoms with van der Waals surface area (Å²) in [5.41, 5.74) is 13.3. The molecule has 428 valence electrons. The van der Waals surface area contributed by atoms with E-state index in [4.69, 9.17) is 55.0 Å². The SMILES string of the molecule is C.COc1ccc(Cn2ccc3cnc(Cl)nc32)cc1.COc1ccc(Cn2ccc3cnc(N[C@H]4CCc5c(C(=O)Nc6ccc(F)c(Cl)c6)ccc(F)c54)nc32)cc1.Cl.N[C@H]1CCc2c(C(=O)Nc3ccc(F)c(Cl)c3)ccc(F)c21. The number of nitrogens with zero attached hydrogens (tertiary/aromatic N) is 6. The van der Waals surface area contributed by atoms with Gasteiger partial charge in [0.2, 0.25) is 11.2 Å². The Balaban J connectivity index is 0.000000177. The Bertz CT molecular complexity index is 3980. The van der Waals surface area contributed by atoms with Gasteiger partial charge in [-0.1, -0.05) is 54.9 Å². The fraction of sp³-hybridized carbons (Fsp3) is 0.180. The minimum Gasteiger partial charge on any atom is -0.497 e. The van der Waals surface area contributed by atoms with Crippen LogP contribution in [0.2, 0.25) is 15.3 Å². The van der Waals surface area contributed by atoms with Crippen LogP contribution < -0.4 is 31.2 Å². The standard InChI is InChI=1S/C30H24ClF2N5O2.C16H13ClF2N2O.C14H12ClN3O.CH4.ClH/c1-40-20-5-2-17(3-6-20)16-38-13-12-18-15-34-30(37-28(18)38)36-26-11-8-21-22(7-10-25(33)27(21)26)29(39)35-19-4-9-24(32)23(31)14-19;17-11-7-8(1-4-12(11)18)21-16(22)10-2-5-13(19)15-9(10)3-6-14(15)20;1-19-12-4-2-10(3-5-12)9-18-7-6-11-8-16-14(15)17-13(11)18;;/h2-7,9-10,12-15,26H,8,11,16H2,1H3,(H,35,39)(H,34,36,37);1-2,4-5,7,14H,3,6,20H2,(H,21,22);2-8H,9H2,1H3;1H4;1H/t26-;14-;;;/m00.../s1. The maximum Gasteiger partial charge on any atom is 0.255 e. The molecular formula is C61H54Cl4F4N10O4. The zero-order valence-corrected chi connectivity index (χ0v) is 46.8. The van der Waals surface area contributed by atoms with Crippen LogP contribution >= 0.6 is 47.2 Å². The first kappa shape index (κ1) is 60.8. The molecule has 0 spiro atoms. The molecule has 0 aliphatic heterocycles. The predicted molar refractivity (Wildman–Crippen MR) is 320 cm³/mol. The van der Waals surface area contributed by atoms with Crippen molar-refractivity contribution in [3.8, 4) is 11.5 Å². The number of hydrogen-bond donors (Lipinski definition) is 4. The molecule has 2 aliphatic rings. The molecule has 10 aromatic rings. The number of fused-ring (bicyclic) bond motifs is 4. The van der Waals surface area contributed by atoms with Crippen LogP contribution in [0.25, 0.3) is 22.1 Å². The molecule has 83 heavy (non-hydrogen) atoms. The monoisotopic (exact) mass is 1210 g/mol. The molecule has 2 amide bonds. The van der Waals surface area contributed by atoms with Crippen LogP contribution in [0.5, 0.6) is 11.5 Å². The number of methoxy groups -OCH3 is 2. The minimum atomic E-state index is -0.579. The molecule has 0 unspecified atom stereocenters. The molecule has 2 atom stereocenters. The maximum atomic E-state index is 15.1. The lowest BCUT2D eigenvalue weighted by molar-refractivity contribution is 0.101. The number of anilines is 3. The van der Waals surface area contributed by atoms with E-state index in [9.17, 15) is 22.8 Å². The number of carbonyl (C=O) groups excluding carboxylic acids is 2. The van der Waals surface area contributed by atoms with Crippen LogP contribution in [0.15, 0.2) is 146 Å². The van der Waals surface area contributed by atoms with Crippen molar-refractivity contribution in [1.29, 1.82) is 0 Å². The van der Waals surface area contributed by atoms with Gasteiger partial charge in [-0.3, -0.25) is 9.59 Å². The molecule has 4 aromatic heterocycles. The van der Waals surface area contributed by atoms with Crippen LogP contribution in [-0.4, -0.2) is 55.1 Å². The Morgan fingerprint density at radius 1 is 0.602 bits per heavy atom. The summed E-state index contributed by atoms with van der Waals surface area (Å²) in [5, 5.41) is 10.6. The van der Waals surface area contributed by atoms with E-state index in [0.717, 1.165) is 45.7 Å². The smallest absolute Gasteiger partial charge is 0.255 e. The van der Waals surface area contributed by atoms with Crippen LogP contribution in [-0.2, 0) is 25.9 Å². The van der Waals surface area contributed by atoms with Crippen LogP contribution in [0.1, 0.15) is 86.4 Å². The Labute approximate surface area is 496 Å². The summed E-state index contributed by atoms with van der Waals surface area (Å²) in [6.07, 6.45) is 9.63. The summed E-state index contributed by atoms with van der Waals surface area (Å²) < 4.78 is 70.0. The third kappa shape index (κ3) is 13.8. The Hall–Kier alpha value is -8.26. The highest BCUT2D eigenvalue weighted by Gasteiger charge is 2.31. The number of nitrogens with two attached hydrogens (primary N) is 1. The minimum absolute atomic E-state index is 0. The third-order valence-electron chi connectivity index (χ3n) is 13.9. The lowest BCUT2D eigenvalue weighted by Crippen LogP contribution is -2.16. The van der Waals surface area contributed by atoms with Crippen molar-refractivity contribution in [3.05, 3.63) is 229 Å². The summed E-state index contributed by atoms with van der Waals surface area (Å²) in [4.78, 5) is 42.8. The van der Waals surface area contributed by atoms with Crippen molar-refractivity contribution in [2.45, 2.75) is 58.3 Å². The number of aromatic nitrogens is 6. The van der Waals surface area contributed by atoms with Crippen molar-refractivity contribution in [2.24, 2.45) is 5.73 Å². The number of nitrogens with one attached hydrogen (secondary N) is 3. The summed E-state index contributed by atoms with van der Waals surface area (Å²) in [6, 6.07) is 32.2. The van der Waals surface area contributed by atoms with Crippen molar-refractivity contribution in [2.75, 3.05) is 30.2 Å². The summed E-state index contributed by atoms with van der Waals surface area (Å²) in [7, 11) is 3.29. The first-order chi connectivity index (χ1) is 39.1. The zero-order valence-electron chi connectivity index (χ0n) is 43.7. The molecule has 2 aliphatic carbocycles. The van der Waals surface area contributed by atoms with E-state index < -0.39 is 35.3 Å². The highest BCUT2D eigenvalue weighted by molar-refractivity contribution is 6.31. The Kier molecular flexibility index (Phi) is 19.6. The van der Waals surface area contributed by atoms with E-state index in [-0.39, 0.29) is 47.0 Å². The second-order valence-corrected chi connectivity index (χ2v) is 20.1. The molecule has 0 fully saturated rings. The average molecular weight is 1210 g/mol. The van der Waals surface area contributed by atoms with Crippen LogP contribution in [0.4, 0.5) is 34.9 Å². The maximum absolute atomic E-state index is 15.1. The highest BCUT2D eigenvalue weighted by Crippen LogP contribution is 2.38. The normalized spacial score (nSPS) is 13.7. The van der Waals surface area contributed by atoms with E-state index in [1.54, 1.807) is 26.6 Å². The van der Waals surface area contributed by atoms with Crippen LogP contribution in [0, 0.1) is 23.3 Å². The lowest BCUT2D eigenvalue weighted by atomic mass is 10.0. The number of benzene rings is 6. The number of halogens is 8. The molecule has 14 nitrogen and oxygen atoms in total. The van der Waals surface area contributed by atoms with Crippen LogP contribution in [0.3, 0.4) is 0 Å². The third-order valence-corrected chi connectivity index (χ3v) is 14.6. The lowest BCUT2D eigenvalue weighted by Gasteiger charge is -2.16. The molecule has 0 saturated carbocycles. The fourth-order valence-corrected chi connectivity index (χ4v) is 10.3.